The van der Waals surface area contributed by atoms with E-state index in [2.05, 4.69) is 5.32 Å². The third-order valence-electron chi connectivity index (χ3n) is 2.73. The van der Waals surface area contributed by atoms with Crippen LogP contribution in [0.3, 0.4) is 0 Å². The molecular weight excluding hydrogens is 316 g/mol. The number of benzene rings is 2. The highest BCUT2D eigenvalue weighted by Gasteiger charge is 2.09. The number of nitrogens with one attached hydrogen (secondary N) is 1. The molecule has 2 aromatic carbocycles. The molecule has 0 atom stereocenters. The summed E-state index contributed by atoms with van der Waals surface area (Å²) in [6.07, 6.45) is 0. The highest BCUT2D eigenvalue weighted by molar-refractivity contribution is 6.42. The molecule has 1 amide bonds. The van der Waals surface area contributed by atoms with E-state index in [0.29, 0.717) is 22.0 Å². The molecule has 110 valence electrons. The van der Waals surface area contributed by atoms with Crippen molar-refractivity contribution >= 4 is 34.8 Å². The van der Waals surface area contributed by atoms with Crippen LogP contribution in [0.25, 0.3) is 0 Å². The molecular formula is C15H12Cl2FNO2. The van der Waals surface area contributed by atoms with Crippen LogP contribution in [-0.4, -0.2) is 12.5 Å². The molecule has 0 fully saturated rings. The summed E-state index contributed by atoms with van der Waals surface area (Å²) in [7, 11) is 0. The van der Waals surface area contributed by atoms with Gasteiger partial charge in [0.05, 0.1) is 5.02 Å². The largest absolute Gasteiger partial charge is 0.482 e. The average Bonchev–Trinajstić information content (AvgIpc) is 2.44. The molecule has 3 nitrogen and oxygen atoms in total. The third-order valence-corrected chi connectivity index (χ3v) is 3.53. The van der Waals surface area contributed by atoms with Crippen molar-refractivity contribution in [1.82, 2.24) is 0 Å². The van der Waals surface area contributed by atoms with Gasteiger partial charge in [-0.15, -0.1) is 0 Å². The van der Waals surface area contributed by atoms with E-state index in [1.165, 1.54) is 6.07 Å². The first-order chi connectivity index (χ1) is 9.97. The molecule has 0 spiro atoms. The van der Waals surface area contributed by atoms with Crippen molar-refractivity contribution in [2.45, 2.75) is 6.92 Å². The summed E-state index contributed by atoms with van der Waals surface area (Å²) in [6.45, 7) is 1.39. The minimum Gasteiger partial charge on any atom is -0.482 e. The van der Waals surface area contributed by atoms with Crippen molar-refractivity contribution in [3.8, 4) is 5.75 Å². The number of carbonyl (C=O) groups excluding carboxylic acids is 1. The van der Waals surface area contributed by atoms with Crippen molar-refractivity contribution in [1.29, 1.82) is 0 Å². The summed E-state index contributed by atoms with van der Waals surface area (Å²) in [6, 6.07) is 9.33. The first kappa shape index (κ1) is 15.6. The van der Waals surface area contributed by atoms with Gasteiger partial charge in [0, 0.05) is 5.69 Å². The van der Waals surface area contributed by atoms with Crippen LogP contribution < -0.4 is 10.1 Å². The summed E-state index contributed by atoms with van der Waals surface area (Å²) in [5.41, 5.74) is 0.874. The molecule has 0 aliphatic carbocycles. The van der Waals surface area contributed by atoms with E-state index in [1.807, 2.05) is 0 Å². The number of aryl methyl sites for hydroxylation is 1. The van der Waals surface area contributed by atoms with E-state index in [4.69, 9.17) is 27.9 Å². The van der Waals surface area contributed by atoms with Crippen LogP contribution in [0.5, 0.6) is 5.75 Å². The van der Waals surface area contributed by atoms with Crippen molar-refractivity contribution in [2.24, 2.45) is 0 Å². The second kappa shape index (κ2) is 6.78. The molecule has 0 saturated heterocycles. The van der Waals surface area contributed by atoms with Gasteiger partial charge in [-0.25, -0.2) is 4.39 Å². The van der Waals surface area contributed by atoms with Gasteiger partial charge in [0.1, 0.15) is 16.6 Å². The predicted octanol–water partition coefficient (Wildman–Crippen LogP) is 4.46. The molecule has 0 aliphatic rings. The first-order valence-electron chi connectivity index (χ1n) is 6.10. The number of anilines is 1. The van der Waals surface area contributed by atoms with E-state index in [9.17, 15) is 9.18 Å². The number of hydrogen-bond acceptors (Lipinski definition) is 2. The topological polar surface area (TPSA) is 38.3 Å². The quantitative estimate of drug-likeness (QED) is 0.900. The Morgan fingerprint density at radius 2 is 2.05 bits per heavy atom. The minimum atomic E-state index is -0.422. The summed E-state index contributed by atoms with van der Waals surface area (Å²) < 4.78 is 18.6. The van der Waals surface area contributed by atoms with Gasteiger partial charge in [-0.05, 0) is 36.8 Å². The van der Waals surface area contributed by atoms with Crippen molar-refractivity contribution < 1.29 is 13.9 Å². The standard InChI is InChI=1S/C15H12Cl2FNO2/c1-9-5-6-10(7-12(9)18)19-14(20)8-21-13-4-2-3-11(16)15(13)17/h2-7H,8H2,1H3,(H,19,20). The predicted molar refractivity (Wildman–Crippen MR) is 81.7 cm³/mol. The van der Waals surface area contributed by atoms with Crippen molar-refractivity contribution in [2.75, 3.05) is 11.9 Å². The zero-order valence-corrected chi connectivity index (χ0v) is 12.6. The molecule has 0 unspecified atom stereocenters. The Morgan fingerprint density at radius 3 is 2.76 bits per heavy atom. The highest BCUT2D eigenvalue weighted by atomic mass is 35.5. The van der Waals surface area contributed by atoms with Gasteiger partial charge in [0.2, 0.25) is 0 Å². The van der Waals surface area contributed by atoms with Crippen LogP contribution in [-0.2, 0) is 4.79 Å². The van der Waals surface area contributed by atoms with Crippen LogP contribution in [0.1, 0.15) is 5.56 Å². The summed E-state index contributed by atoms with van der Waals surface area (Å²) >= 11 is 11.8. The molecule has 1 N–H and O–H groups in total. The highest BCUT2D eigenvalue weighted by Crippen LogP contribution is 2.31. The second-order valence-electron chi connectivity index (χ2n) is 4.35. The number of hydrogen-bond donors (Lipinski definition) is 1. The fourth-order valence-electron chi connectivity index (χ4n) is 1.61. The van der Waals surface area contributed by atoms with Crippen molar-refractivity contribution in [3.05, 3.63) is 57.8 Å². The maximum Gasteiger partial charge on any atom is 0.262 e. The zero-order chi connectivity index (χ0) is 15.4. The molecule has 2 aromatic rings. The van der Waals surface area contributed by atoms with E-state index in [0.717, 1.165) is 0 Å². The average molecular weight is 328 g/mol. The Hall–Kier alpha value is -1.78. The van der Waals surface area contributed by atoms with Crippen LogP contribution >= 0.6 is 23.2 Å². The normalized spacial score (nSPS) is 10.3. The Morgan fingerprint density at radius 1 is 1.29 bits per heavy atom. The molecule has 2 rings (SSSR count). The van der Waals surface area contributed by atoms with Gasteiger partial charge < -0.3 is 10.1 Å². The zero-order valence-electron chi connectivity index (χ0n) is 11.1. The van der Waals surface area contributed by atoms with Crippen LogP contribution in [0, 0.1) is 12.7 Å². The van der Waals surface area contributed by atoms with E-state index in [1.54, 1.807) is 37.3 Å². The summed E-state index contributed by atoms with van der Waals surface area (Å²) in [4.78, 5) is 11.7. The van der Waals surface area contributed by atoms with Gasteiger partial charge in [-0.2, -0.15) is 0 Å². The fourth-order valence-corrected chi connectivity index (χ4v) is 1.95. The first-order valence-corrected chi connectivity index (χ1v) is 6.86. The van der Waals surface area contributed by atoms with Crippen molar-refractivity contribution in [3.63, 3.8) is 0 Å². The molecule has 6 heteroatoms. The molecule has 0 aliphatic heterocycles. The maximum absolute atomic E-state index is 13.4. The SMILES string of the molecule is Cc1ccc(NC(=O)COc2cccc(Cl)c2Cl)cc1F. The Balaban J connectivity index is 1.96. The second-order valence-corrected chi connectivity index (χ2v) is 5.14. The van der Waals surface area contributed by atoms with Gasteiger partial charge in [-0.3, -0.25) is 4.79 Å². The van der Waals surface area contributed by atoms with E-state index >= 15 is 0 Å². The number of amides is 1. The molecule has 21 heavy (non-hydrogen) atoms. The molecule has 0 heterocycles. The maximum atomic E-state index is 13.4. The Labute approximate surface area is 131 Å². The smallest absolute Gasteiger partial charge is 0.262 e. The van der Waals surface area contributed by atoms with E-state index < -0.39 is 5.91 Å². The molecule has 0 radical (unpaired) electrons. The minimum absolute atomic E-state index is 0.244. The van der Waals surface area contributed by atoms with Gasteiger partial charge in [0.25, 0.3) is 5.91 Å². The lowest BCUT2D eigenvalue weighted by Crippen LogP contribution is -2.20. The molecule has 0 saturated carbocycles. The monoisotopic (exact) mass is 327 g/mol. The van der Waals surface area contributed by atoms with E-state index in [-0.39, 0.29) is 17.4 Å². The molecule has 0 bridgehead atoms. The Bertz CT molecular complexity index is 677. The number of ether oxygens (including phenoxy) is 1. The van der Waals surface area contributed by atoms with Crippen LogP contribution in [0.2, 0.25) is 10.0 Å². The Kier molecular flexibility index (Phi) is 5.04. The number of carbonyl (C=O) groups is 1. The summed E-state index contributed by atoms with van der Waals surface area (Å²) in [5.74, 6) is -0.490. The number of rotatable bonds is 4. The fraction of sp³-hybridized carbons (Fsp3) is 0.133. The molecule has 0 aromatic heterocycles. The van der Waals surface area contributed by atoms with Gasteiger partial charge in [0.15, 0.2) is 6.61 Å². The van der Waals surface area contributed by atoms with Crippen LogP contribution in [0.4, 0.5) is 10.1 Å². The van der Waals surface area contributed by atoms with Crippen LogP contribution in [0.15, 0.2) is 36.4 Å². The third kappa shape index (κ3) is 4.09. The lowest BCUT2D eigenvalue weighted by molar-refractivity contribution is -0.118. The summed E-state index contributed by atoms with van der Waals surface area (Å²) in [5, 5.41) is 3.12. The lowest BCUT2D eigenvalue weighted by atomic mass is 10.2. The number of halogens is 3. The van der Waals surface area contributed by atoms with Gasteiger partial charge in [-0.1, -0.05) is 35.3 Å². The lowest BCUT2D eigenvalue weighted by Gasteiger charge is -2.09. The van der Waals surface area contributed by atoms with Gasteiger partial charge >= 0.3 is 0 Å².